The molecule has 0 radical (unpaired) electrons. The van der Waals surface area contributed by atoms with Gasteiger partial charge in [-0.1, -0.05) is 39.8 Å². The van der Waals surface area contributed by atoms with E-state index in [1.54, 1.807) is 6.08 Å². The van der Waals surface area contributed by atoms with Crippen LogP contribution < -0.4 is 0 Å². The summed E-state index contributed by atoms with van der Waals surface area (Å²) < 4.78 is 3.97. The zero-order valence-electron chi connectivity index (χ0n) is 16.2. The molecule has 2 rings (SSSR count). The molecule has 0 amide bonds. The van der Waals surface area contributed by atoms with Crippen molar-refractivity contribution in [3.05, 3.63) is 24.3 Å². The predicted molar refractivity (Wildman–Crippen MR) is 97.6 cm³/mol. The number of hydrogen-bond acceptors (Lipinski definition) is 5. The van der Waals surface area contributed by atoms with Gasteiger partial charge in [-0.15, -0.1) is 0 Å². The Bertz CT molecular complexity index is 629. The van der Waals surface area contributed by atoms with Crippen LogP contribution in [0, 0.1) is 29.1 Å². The summed E-state index contributed by atoms with van der Waals surface area (Å²) in [5.41, 5.74) is -1.27. The maximum absolute atomic E-state index is 11.8. The highest BCUT2D eigenvalue weighted by atomic mass is 16.6. The molecule has 0 bridgehead atoms. The number of carbonyl (C=O) groups is 4. The Kier molecular flexibility index (Phi) is 7.94. The standard InChI is InChI=1S/C16H26O4.C4H2O3/c1-10(2)8-12-6-5-7-16(15(19)20,9-11(3)4)13(12)14(17)18;5-3-1-2-4(6)7-3/h5,7,10-13H,6,8-9H2,1-4H3,(H,17,18)(H,19,20);1-2H. The molecule has 3 unspecified atom stereocenters. The number of cyclic esters (lactones) is 2. The van der Waals surface area contributed by atoms with Crippen LogP contribution in [0.3, 0.4) is 0 Å². The van der Waals surface area contributed by atoms with E-state index in [9.17, 15) is 29.4 Å². The van der Waals surface area contributed by atoms with Crippen LogP contribution >= 0.6 is 0 Å². The lowest BCUT2D eigenvalue weighted by atomic mass is 9.60. The van der Waals surface area contributed by atoms with E-state index in [1.807, 2.05) is 33.8 Å². The van der Waals surface area contributed by atoms with Gasteiger partial charge in [0.15, 0.2) is 0 Å². The number of rotatable bonds is 6. The first-order chi connectivity index (χ1) is 12.5. The molecule has 0 aromatic heterocycles. The maximum Gasteiger partial charge on any atom is 0.338 e. The number of carboxylic acids is 2. The second kappa shape index (κ2) is 9.48. The Morgan fingerprint density at radius 3 is 2.00 bits per heavy atom. The molecule has 3 atom stereocenters. The second-order valence-electron chi connectivity index (χ2n) is 7.86. The van der Waals surface area contributed by atoms with Crippen molar-refractivity contribution in [1.82, 2.24) is 0 Å². The van der Waals surface area contributed by atoms with Crippen LogP contribution in [0.25, 0.3) is 0 Å². The Morgan fingerprint density at radius 1 is 1.11 bits per heavy atom. The van der Waals surface area contributed by atoms with Gasteiger partial charge < -0.3 is 14.9 Å². The van der Waals surface area contributed by atoms with E-state index in [4.69, 9.17) is 0 Å². The maximum atomic E-state index is 11.8. The van der Waals surface area contributed by atoms with Crippen molar-refractivity contribution in [2.45, 2.75) is 47.0 Å². The van der Waals surface area contributed by atoms with Gasteiger partial charge in [-0.05, 0) is 37.0 Å². The molecule has 0 fully saturated rings. The number of allylic oxidation sites excluding steroid dienone is 1. The fraction of sp³-hybridized carbons (Fsp3) is 0.600. The number of ether oxygens (including phenoxy) is 1. The average Bonchev–Trinajstić information content (AvgIpc) is 2.89. The molecule has 0 spiro atoms. The Labute approximate surface area is 159 Å². The minimum absolute atomic E-state index is 0.104. The largest absolute Gasteiger partial charge is 0.481 e. The Morgan fingerprint density at radius 2 is 1.67 bits per heavy atom. The minimum Gasteiger partial charge on any atom is -0.481 e. The highest BCUT2D eigenvalue weighted by molar-refractivity contribution is 6.04. The van der Waals surface area contributed by atoms with Crippen LogP contribution in [-0.2, 0) is 23.9 Å². The number of carboxylic acid groups (broad SMARTS) is 2. The van der Waals surface area contributed by atoms with E-state index >= 15 is 0 Å². The third-order valence-electron chi connectivity index (χ3n) is 4.62. The van der Waals surface area contributed by atoms with Gasteiger partial charge in [-0.2, -0.15) is 0 Å². The topological polar surface area (TPSA) is 118 Å². The van der Waals surface area contributed by atoms with Gasteiger partial charge in [0.2, 0.25) is 0 Å². The monoisotopic (exact) mass is 380 g/mol. The lowest BCUT2D eigenvalue weighted by Crippen LogP contribution is -2.47. The van der Waals surface area contributed by atoms with Crippen molar-refractivity contribution in [3.8, 4) is 0 Å². The summed E-state index contributed by atoms with van der Waals surface area (Å²) in [6.07, 6.45) is 7.43. The van der Waals surface area contributed by atoms with E-state index in [1.165, 1.54) is 0 Å². The predicted octanol–water partition coefficient (Wildman–Crippen LogP) is 3.05. The molecule has 0 aromatic carbocycles. The quantitative estimate of drug-likeness (QED) is 0.413. The van der Waals surface area contributed by atoms with Gasteiger partial charge in [0.1, 0.15) is 0 Å². The van der Waals surface area contributed by atoms with Crippen molar-refractivity contribution >= 4 is 23.9 Å². The second-order valence-corrected chi connectivity index (χ2v) is 7.86. The summed E-state index contributed by atoms with van der Waals surface area (Å²) in [5, 5.41) is 19.3. The SMILES string of the molecule is CC(C)CC1CC=CC(CC(C)C)(C(=O)O)C1C(=O)O.O=C1C=CC(=O)O1. The van der Waals surface area contributed by atoms with Crippen molar-refractivity contribution in [3.63, 3.8) is 0 Å². The zero-order valence-corrected chi connectivity index (χ0v) is 16.2. The van der Waals surface area contributed by atoms with E-state index < -0.39 is 35.2 Å². The van der Waals surface area contributed by atoms with E-state index in [-0.39, 0.29) is 11.8 Å². The van der Waals surface area contributed by atoms with Crippen molar-refractivity contribution in [1.29, 1.82) is 0 Å². The summed E-state index contributed by atoms with van der Waals surface area (Å²) in [6.45, 7) is 7.96. The van der Waals surface area contributed by atoms with Gasteiger partial charge in [0.05, 0.1) is 11.3 Å². The molecule has 1 aliphatic carbocycles. The third kappa shape index (κ3) is 6.05. The van der Waals surface area contributed by atoms with Crippen LogP contribution in [0.4, 0.5) is 0 Å². The molecule has 0 saturated heterocycles. The van der Waals surface area contributed by atoms with Gasteiger partial charge in [-0.3, -0.25) is 9.59 Å². The number of carbonyl (C=O) groups excluding carboxylic acids is 2. The summed E-state index contributed by atoms with van der Waals surface area (Å²) >= 11 is 0. The molecule has 27 heavy (non-hydrogen) atoms. The zero-order chi connectivity index (χ0) is 20.8. The number of aliphatic carboxylic acids is 2. The van der Waals surface area contributed by atoms with E-state index in [2.05, 4.69) is 4.74 Å². The first-order valence-electron chi connectivity index (χ1n) is 9.07. The molecular weight excluding hydrogens is 352 g/mol. The van der Waals surface area contributed by atoms with Crippen molar-refractivity contribution in [2.75, 3.05) is 0 Å². The van der Waals surface area contributed by atoms with Gasteiger partial charge in [0.25, 0.3) is 0 Å². The summed E-state index contributed by atoms with van der Waals surface area (Å²) in [5.74, 6) is -3.60. The van der Waals surface area contributed by atoms with Gasteiger partial charge in [-0.25, -0.2) is 9.59 Å². The lowest BCUT2D eigenvalue weighted by molar-refractivity contribution is -0.164. The molecule has 7 nitrogen and oxygen atoms in total. The third-order valence-corrected chi connectivity index (χ3v) is 4.62. The molecule has 2 aliphatic rings. The molecular formula is C20H28O7. The highest BCUT2D eigenvalue weighted by Crippen LogP contribution is 2.47. The first kappa shape index (κ1) is 22.6. The fourth-order valence-corrected chi connectivity index (χ4v) is 3.84. The Hall–Kier alpha value is -2.44. The molecule has 0 saturated carbocycles. The van der Waals surface area contributed by atoms with Crippen LogP contribution in [0.1, 0.15) is 47.0 Å². The van der Waals surface area contributed by atoms with Gasteiger partial charge in [0, 0.05) is 12.2 Å². The lowest BCUT2D eigenvalue weighted by Gasteiger charge is -2.41. The average molecular weight is 380 g/mol. The molecule has 1 aliphatic heterocycles. The van der Waals surface area contributed by atoms with Crippen LogP contribution in [0.5, 0.6) is 0 Å². The smallest absolute Gasteiger partial charge is 0.338 e. The first-order valence-corrected chi connectivity index (χ1v) is 9.07. The molecule has 1 heterocycles. The molecule has 150 valence electrons. The van der Waals surface area contributed by atoms with Crippen molar-refractivity contribution in [2.24, 2.45) is 29.1 Å². The Balaban J connectivity index is 0.000000433. The van der Waals surface area contributed by atoms with Crippen LogP contribution in [0.15, 0.2) is 24.3 Å². The molecule has 7 heteroatoms. The summed E-state index contributed by atoms with van der Waals surface area (Å²) in [4.78, 5) is 43.4. The number of esters is 2. The van der Waals surface area contributed by atoms with E-state index in [0.717, 1.165) is 18.6 Å². The summed E-state index contributed by atoms with van der Waals surface area (Å²) in [6, 6.07) is 0. The normalized spacial score (nSPS) is 26.7. The van der Waals surface area contributed by atoms with Gasteiger partial charge >= 0.3 is 23.9 Å². The summed E-state index contributed by atoms with van der Waals surface area (Å²) in [7, 11) is 0. The highest BCUT2D eigenvalue weighted by Gasteiger charge is 2.52. The molecule has 2 N–H and O–H groups in total. The minimum atomic E-state index is -1.27. The number of hydrogen-bond donors (Lipinski definition) is 2. The van der Waals surface area contributed by atoms with Crippen LogP contribution in [0.2, 0.25) is 0 Å². The fourth-order valence-electron chi connectivity index (χ4n) is 3.84. The van der Waals surface area contributed by atoms with Crippen LogP contribution in [-0.4, -0.2) is 34.1 Å². The van der Waals surface area contributed by atoms with E-state index in [0.29, 0.717) is 18.8 Å². The van der Waals surface area contributed by atoms with Crippen molar-refractivity contribution < 1.29 is 34.1 Å². The molecule has 0 aromatic rings.